The van der Waals surface area contributed by atoms with Crippen molar-refractivity contribution in [3.63, 3.8) is 0 Å². The van der Waals surface area contributed by atoms with E-state index in [1.54, 1.807) is 25.3 Å². The van der Waals surface area contributed by atoms with E-state index in [2.05, 4.69) is 4.98 Å². The summed E-state index contributed by atoms with van der Waals surface area (Å²) in [6.07, 6.45) is 1.63. The highest BCUT2D eigenvalue weighted by Gasteiger charge is 2.05. The van der Waals surface area contributed by atoms with Crippen molar-refractivity contribution in [2.45, 2.75) is 6.92 Å². The first kappa shape index (κ1) is 7.98. The zero-order valence-corrected chi connectivity index (χ0v) is 7.21. The highest BCUT2D eigenvalue weighted by molar-refractivity contribution is 5.94. The summed E-state index contributed by atoms with van der Waals surface area (Å²) in [7, 11) is 0. The molecule has 0 fully saturated rings. The van der Waals surface area contributed by atoms with Crippen LogP contribution in [0.5, 0.6) is 0 Å². The molecule has 0 amide bonds. The minimum Gasteiger partial charge on any atom is -0.398 e. The fourth-order valence-electron chi connectivity index (χ4n) is 1.44. The second-order valence-corrected chi connectivity index (χ2v) is 2.96. The fourth-order valence-corrected chi connectivity index (χ4v) is 1.44. The molecule has 0 spiro atoms. The lowest BCUT2D eigenvalue weighted by molar-refractivity contribution is 0.639. The van der Waals surface area contributed by atoms with Crippen LogP contribution in [0.4, 0.5) is 10.1 Å². The number of nitrogen functional groups attached to an aromatic ring is 1. The average Bonchev–Trinajstić information content (AvgIpc) is 2.12. The van der Waals surface area contributed by atoms with Crippen molar-refractivity contribution in [1.82, 2.24) is 4.98 Å². The molecular formula is C10H9FN2. The number of halogens is 1. The first-order valence-corrected chi connectivity index (χ1v) is 3.99. The molecule has 1 aromatic carbocycles. The van der Waals surface area contributed by atoms with E-state index in [9.17, 15) is 4.39 Å². The fraction of sp³-hybridized carbons (Fsp3) is 0.100. The second-order valence-electron chi connectivity index (χ2n) is 2.96. The number of aryl methyl sites for hydroxylation is 1. The molecule has 0 aliphatic heterocycles. The summed E-state index contributed by atoms with van der Waals surface area (Å²) in [5, 5.41) is 1.25. The maximum Gasteiger partial charge on any atom is 0.133 e. The Labute approximate surface area is 75.2 Å². The number of fused-ring (bicyclic) bond motifs is 1. The van der Waals surface area contributed by atoms with Crippen molar-refractivity contribution >= 4 is 16.5 Å². The Morgan fingerprint density at radius 1 is 1.31 bits per heavy atom. The number of hydrogen-bond donors (Lipinski definition) is 1. The van der Waals surface area contributed by atoms with Crippen molar-refractivity contribution in [1.29, 1.82) is 0 Å². The predicted molar refractivity (Wildman–Crippen MR) is 50.9 cm³/mol. The Balaban J connectivity index is 3.00. The normalized spacial score (nSPS) is 10.6. The Morgan fingerprint density at radius 2 is 2.08 bits per heavy atom. The molecule has 0 saturated heterocycles. The number of aromatic nitrogens is 1. The van der Waals surface area contributed by atoms with Crippen molar-refractivity contribution in [2.75, 3.05) is 5.73 Å². The number of nitrogens with zero attached hydrogens (tertiary/aromatic N) is 1. The summed E-state index contributed by atoms with van der Waals surface area (Å²) in [4.78, 5) is 4.01. The first-order chi connectivity index (χ1) is 6.20. The van der Waals surface area contributed by atoms with Crippen LogP contribution in [-0.2, 0) is 0 Å². The molecule has 2 aromatic rings. The third-order valence-electron chi connectivity index (χ3n) is 2.10. The van der Waals surface area contributed by atoms with Gasteiger partial charge in [-0.15, -0.1) is 0 Å². The van der Waals surface area contributed by atoms with Crippen LogP contribution in [0.3, 0.4) is 0 Å². The van der Waals surface area contributed by atoms with Crippen molar-refractivity contribution < 1.29 is 4.39 Å². The minimum atomic E-state index is -0.269. The Bertz CT molecular complexity index is 457. The molecule has 2 N–H and O–H groups in total. The Morgan fingerprint density at radius 3 is 2.77 bits per heavy atom. The monoisotopic (exact) mass is 176 g/mol. The number of pyridine rings is 1. The van der Waals surface area contributed by atoms with Crippen LogP contribution in [0.25, 0.3) is 10.8 Å². The summed E-state index contributed by atoms with van der Waals surface area (Å²) in [6, 6.07) is 4.66. The summed E-state index contributed by atoms with van der Waals surface area (Å²) in [5.41, 5.74) is 6.95. The maximum atomic E-state index is 13.3. The van der Waals surface area contributed by atoms with Crippen molar-refractivity contribution in [3.8, 4) is 0 Å². The number of hydrogen-bond acceptors (Lipinski definition) is 2. The summed E-state index contributed by atoms with van der Waals surface area (Å²) < 4.78 is 13.3. The molecular weight excluding hydrogens is 167 g/mol. The zero-order chi connectivity index (χ0) is 9.42. The number of nitrogens with two attached hydrogens (primary N) is 1. The van der Waals surface area contributed by atoms with Gasteiger partial charge in [-0.1, -0.05) is 0 Å². The van der Waals surface area contributed by atoms with Crippen LogP contribution >= 0.6 is 0 Å². The van der Waals surface area contributed by atoms with E-state index >= 15 is 0 Å². The molecule has 1 heterocycles. The third kappa shape index (κ3) is 1.13. The van der Waals surface area contributed by atoms with Gasteiger partial charge in [0.1, 0.15) is 5.82 Å². The van der Waals surface area contributed by atoms with Gasteiger partial charge in [-0.3, -0.25) is 4.98 Å². The van der Waals surface area contributed by atoms with E-state index in [0.29, 0.717) is 16.8 Å². The smallest absolute Gasteiger partial charge is 0.133 e. The molecule has 0 bridgehead atoms. The Kier molecular flexibility index (Phi) is 1.65. The maximum absolute atomic E-state index is 13.3. The molecule has 0 atom stereocenters. The van der Waals surface area contributed by atoms with Gasteiger partial charge >= 0.3 is 0 Å². The molecule has 1 aromatic heterocycles. The largest absolute Gasteiger partial charge is 0.398 e. The van der Waals surface area contributed by atoms with Crippen LogP contribution in [0.2, 0.25) is 0 Å². The van der Waals surface area contributed by atoms with Gasteiger partial charge in [0, 0.05) is 28.4 Å². The van der Waals surface area contributed by atoms with Gasteiger partial charge in [-0.25, -0.2) is 4.39 Å². The molecule has 66 valence electrons. The zero-order valence-electron chi connectivity index (χ0n) is 7.21. The van der Waals surface area contributed by atoms with E-state index in [0.717, 1.165) is 5.39 Å². The topological polar surface area (TPSA) is 38.9 Å². The molecule has 0 unspecified atom stereocenters. The van der Waals surface area contributed by atoms with E-state index in [1.807, 2.05) is 0 Å². The lowest BCUT2D eigenvalue weighted by atomic mass is 10.1. The van der Waals surface area contributed by atoms with E-state index in [-0.39, 0.29) is 5.82 Å². The molecule has 3 heteroatoms. The highest BCUT2D eigenvalue weighted by Crippen LogP contribution is 2.24. The quantitative estimate of drug-likeness (QED) is 0.625. The number of anilines is 1. The Hall–Kier alpha value is -1.64. The molecule has 13 heavy (non-hydrogen) atoms. The summed E-state index contributed by atoms with van der Waals surface area (Å²) in [5.74, 6) is -0.269. The second kappa shape index (κ2) is 2.69. The van der Waals surface area contributed by atoms with Gasteiger partial charge in [-0.05, 0) is 25.1 Å². The van der Waals surface area contributed by atoms with Gasteiger partial charge in [0.2, 0.25) is 0 Å². The summed E-state index contributed by atoms with van der Waals surface area (Å²) in [6.45, 7) is 1.77. The van der Waals surface area contributed by atoms with E-state index < -0.39 is 0 Å². The van der Waals surface area contributed by atoms with Gasteiger partial charge < -0.3 is 5.73 Å². The van der Waals surface area contributed by atoms with Gasteiger partial charge in [0.25, 0.3) is 0 Å². The first-order valence-electron chi connectivity index (χ1n) is 3.99. The van der Waals surface area contributed by atoms with Crippen LogP contribution in [0, 0.1) is 12.7 Å². The van der Waals surface area contributed by atoms with E-state index in [1.165, 1.54) is 6.07 Å². The highest BCUT2D eigenvalue weighted by atomic mass is 19.1. The van der Waals surface area contributed by atoms with Crippen molar-refractivity contribution in [3.05, 3.63) is 35.9 Å². The third-order valence-corrected chi connectivity index (χ3v) is 2.10. The van der Waals surface area contributed by atoms with Gasteiger partial charge in [0.05, 0.1) is 0 Å². The molecule has 0 aliphatic rings. The standard InChI is InChI=1S/C10H9FN2/c1-6-10-7(4-5-13-6)9(12)3-2-8(10)11/h2-5H,12H2,1H3. The van der Waals surface area contributed by atoms with Gasteiger partial charge in [-0.2, -0.15) is 0 Å². The van der Waals surface area contributed by atoms with Crippen LogP contribution in [0.15, 0.2) is 24.4 Å². The number of rotatable bonds is 0. The lowest BCUT2D eigenvalue weighted by Gasteiger charge is -2.04. The molecule has 0 saturated carbocycles. The average molecular weight is 176 g/mol. The van der Waals surface area contributed by atoms with Crippen molar-refractivity contribution in [2.24, 2.45) is 0 Å². The molecule has 2 nitrogen and oxygen atoms in total. The van der Waals surface area contributed by atoms with Crippen LogP contribution < -0.4 is 5.73 Å². The van der Waals surface area contributed by atoms with Crippen LogP contribution in [-0.4, -0.2) is 4.98 Å². The molecule has 0 radical (unpaired) electrons. The van der Waals surface area contributed by atoms with Gasteiger partial charge in [0.15, 0.2) is 0 Å². The molecule has 0 aliphatic carbocycles. The number of benzene rings is 1. The predicted octanol–water partition coefficient (Wildman–Crippen LogP) is 2.26. The lowest BCUT2D eigenvalue weighted by Crippen LogP contribution is -1.92. The summed E-state index contributed by atoms with van der Waals surface area (Å²) >= 11 is 0. The SMILES string of the molecule is Cc1nccc2c(N)ccc(F)c12. The molecule has 2 rings (SSSR count). The van der Waals surface area contributed by atoms with Crippen LogP contribution in [0.1, 0.15) is 5.69 Å². The van der Waals surface area contributed by atoms with E-state index in [4.69, 9.17) is 5.73 Å². The minimum absolute atomic E-state index is 0.269.